The molecule has 3 saturated heterocycles. The first-order chi connectivity index (χ1) is 14.1. The molecule has 0 bridgehead atoms. The lowest BCUT2D eigenvalue weighted by Crippen LogP contribution is -2.52. The number of hydrogen-bond donors (Lipinski definition) is 2. The summed E-state index contributed by atoms with van der Waals surface area (Å²) in [5.74, 6) is 0.695. The number of carbonyl (C=O) groups excluding carboxylic acids is 2. The molecule has 1 aromatic rings. The van der Waals surface area contributed by atoms with Crippen molar-refractivity contribution in [2.75, 3.05) is 51.9 Å². The van der Waals surface area contributed by atoms with E-state index in [1.165, 1.54) is 0 Å². The van der Waals surface area contributed by atoms with Gasteiger partial charge in [-0.2, -0.15) is 0 Å². The van der Waals surface area contributed by atoms with Crippen molar-refractivity contribution >= 4 is 17.8 Å². The van der Waals surface area contributed by atoms with Crippen molar-refractivity contribution in [1.29, 1.82) is 0 Å². The molecule has 3 aliphatic rings. The molecule has 4 unspecified atom stereocenters. The van der Waals surface area contributed by atoms with E-state index in [0.717, 1.165) is 0 Å². The molecule has 0 radical (unpaired) electrons. The molecule has 0 aromatic heterocycles. The number of amides is 3. The Morgan fingerprint density at radius 2 is 1.79 bits per heavy atom. The lowest BCUT2D eigenvalue weighted by Gasteiger charge is -2.29. The van der Waals surface area contributed by atoms with E-state index in [2.05, 4.69) is 10.6 Å². The van der Waals surface area contributed by atoms with Crippen molar-refractivity contribution < 1.29 is 33.3 Å². The minimum atomic E-state index is -0.589. The maximum absolute atomic E-state index is 12.4. The largest absolute Gasteiger partial charge is 0.497 e. The molecule has 3 fully saturated rings. The average molecular weight is 407 g/mol. The summed E-state index contributed by atoms with van der Waals surface area (Å²) < 4.78 is 27.4. The number of methoxy groups -OCH3 is 1. The van der Waals surface area contributed by atoms with E-state index < -0.39 is 18.3 Å². The highest BCUT2D eigenvalue weighted by atomic mass is 16.6. The first-order valence-electron chi connectivity index (χ1n) is 9.62. The van der Waals surface area contributed by atoms with Gasteiger partial charge in [0, 0.05) is 18.8 Å². The van der Waals surface area contributed by atoms with Crippen LogP contribution in [0.2, 0.25) is 0 Å². The molecule has 0 saturated carbocycles. The second kappa shape index (κ2) is 8.85. The van der Waals surface area contributed by atoms with Gasteiger partial charge in [0.25, 0.3) is 0 Å². The van der Waals surface area contributed by atoms with Crippen LogP contribution in [0.3, 0.4) is 0 Å². The number of rotatable bonds is 4. The molecule has 10 heteroatoms. The van der Waals surface area contributed by atoms with Gasteiger partial charge >= 0.3 is 12.1 Å². The fourth-order valence-electron chi connectivity index (χ4n) is 3.66. The number of nitrogens with one attached hydrogen (secondary N) is 2. The molecule has 2 N–H and O–H groups in total. The average Bonchev–Trinajstić information content (AvgIpc) is 3.32. The van der Waals surface area contributed by atoms with Gasteiger partial charge in [-0.25, -0.2) is 9.59 Å². The number of nitrogens with zero attached hydrogens (tertiary/aromatic N) is 1. The summed E-state index contributed by atoms with van der Waals surface area (Å²) in [6.07, 6.45) is -1.89. The van der Waals surface area contributed by atoms with Gasteiger partial charge in [0.1, 0.15) is 18.0 Å². The molecule has 3 aliphatic heterocycles. The fraction of sp³-hybridized carbons (Fsp3) is 0.579. The highest BCUT2D eigenvalue weighted by Gasteiger charge is 2.50. The molecule has 158 valence electrons. The first-order valence-corrected chi connectivity index (χ1v) is 9.62. The van der Waals surface area contributed by atoms with Crippen molar-refractivity contribution in [2.45, 2.75) is 24.4 Å². The summed E-state index contributed by atoms with van der Waals surface area (Å²) in [5.41, 5.74) is 0.592. The van der Waals surface area contributed by atoms with Crippen LogP contribution in [0.15, 0.2) is 24.3 Å². The van der Waals surface area contributed by atoms with Crippen LogP contribution < -0.4 is 15.4 Å². The van der Waals surface area contributed by atoms with E-state index in [-0.39, 0.29) is 24.8 Å². The Morgan fingerprint density at radius 1 is 1.07 bits per heavy atom. The highest BCUT2D eigenvalue weighted by molar-refractivity contribution is 5.84. The van der Waals surface area contributed by atoms with Gasteiger partial charge in [0.2, 0.25) is 0 Å². The Balaban J connectivity index is 1.27. The lowest BCUT2D eigenvalue weighted by atomic mass is 10.1. The maximum Gasteiger partial charge on any atom is 0.412 e. The topological polar surface area (TPSA) is 108 Å². The van der Waals surface area contributed by atoms with Crippen LogP contribution in [0.5, 0.6) is 5.75 Å². The van der Waals surface area contributed by atoms with Crippen LogP contribution in [0, 0.1) is 0 Å². The summed E-state index contributed by atoms with van der Waals surface area (Å²) in [4.78, 5) is 26.3. The smallest absolute Gasteiger partial charge is 0.412 e. The molecular formula is C19H25N3O7. The number of ether oxygens (including phenoxy) is 5. The quantitative estimate of drug-likeness (QED) is 0.761. The number of hydrogen-bond acceptors (Lipinski definition) is 7. The Kier molecular flexibility index (Phi) is 6.02. The van der Waals surface area contributed by atoms with Crippen molar-refractivity contribution in [3.05, 3.63) is 24.3 Å². The second-order valence-corrected chi connectivity index (χ2v) is 7.05. The molecule has 4 atom stereocenters. The molecule has 0 aliphatic carbocycles. The molecule has 4 rings (SSSR count). The summed E-state index contributed by atoms with van der Waals surface area (Å²) >= 11 is 0. The number of benzene rings is 1. The van der Waals surface area contributed by atoms with E-state index in [9.17, 15) is 9.59 Å². The molecule has 29 heavy (non-hydrogen) atoms. The van der Waals surface area contributed by atoms with Gasteiger partial charge in [-0.1, -0.05) is 0 Å². The number of fused-ring (bicyclic) bond motifs is 1. The van der Waals surface area contributed by atoms with E-state index in [1.54, 1.807) is 36.3 Å². The third kappa shape index (κ3) is 4.55. The van der Waals surface area contributed by atoms with Crippen LogP contribution in [0.25, 0.3) is 0 Å². The molecule has 3 amide bonds. The lowest BCUT2D eigenvalue weighted by molar-refractivity contribution is 0.00852. The van der Waals surface area contributed by atoms with Gasteiger partial charge in [0.05, 0.1) is 39.6 Å². The number of morpholine rings is 1. The summed E-state index contributed by atoms with van der Waals surface area (Å²) in [5, 5.41) is 5.63. The Hall–Kier alpha value is -2.56. The van der Waals surface area contributed by atoms with Gasteiger partial charge in [0.15, 0.2) is 6.10 Å². The molecule has 1 aromatic carbocycles. The highest BCUT2D eigenvalue weighted by Crippen LogP contribution is 2.29. The van der Waals surface area contributed by atoms with Gasteiger partial charge in [-0.05, 0) is 24.3 Å². The van der Waals surface area contributed by atoms with Crippen LogP contribution in [0.1, 0.15) is 0 Å². The molecule has 3 heterocycles. The van der Waals surface area contributed by atoms with E-state index >= 15 is 0 Å². The van der Waals surface area contributed by atoms with Crippen molar-refractivity contribution in [2.24, 2.45) is 0 Å². The van der Waals surface area contributed by atoms with Crippen molar-refractivity contribution in [3.8, 4) is 5.75 Å². The standard InChI is InChI=1S/C19H25N3O7/c1-25-13-4-2-12(3-5-13)20-19(24)29-15-11-28-16-14(10-27-17(15)16)21-18(23)22-6-8-26-9-7-22/h2-5,14-17H,6-11H2,1H3,(H,20,24)(H,21,23). The third-order valence-corrected chi connectivity index (χ3v) is 5.21. The van der Waals surface area contributed by atoms with Gasteiger partial charge < -0.3 is 33.9 Å². The predicted octanol–water partition coefficient (Wildman–Crippen LogP) is 0.820. The summed E-state index contributed by atoms with van der Waals surface area (Å²) in [6, 6.07) is 6.48. The SMILES string of the molecule is COc1ccc(NC(=O)OC2COC3C(NC(=O)N4CCOCC4)COC23)cc1. The van der Waals surface area contributed by atoms with E-state index in [4.69, 9.17) is 23.7 Å². The third-order valence-electron chi connectivity index (χ3n) is 5.21. The minimum absolute atomic E-state index is 0.159. The van der Waals surface area contributed by atoms with Crippen LogP contribution >= 0.6 is 0 Å². The Labute approximate surface area is 168 Å². The first kappa shape index (κ1) is 19.7. The zero-order valence-corrected chi connectivity index (χ0v) is 16.2. The fourth-order valence-corrected chi connectivity index (χ4v) is 3.66. The number of urea groups is 1. The van der Waals surface area contributed by atoms with Gasteiger partial charge in [-0.3, -0.25) is 5.32 Å². The molecular weight excluding hydrogens is 382 g/mol. The summed E-state index contributed by atoms with van der Waals surface area (Å²) in [7, 11) is 1.57. The van der Waals surface area contributed by atoms with Crippen molar-refractivity contribution in [3.63, 3.8) is 0 Å². The van der Waals surface area contributed by atoms with E-state index in [0.29, 0.717) is 44.3 Å². The second-order valence-electron chi connectivity index (χ2n) is 7.05. The van der Waals surface area contributed by atoms with Crippen LogP contribution in [-0.2, 0) is 18.9 Å². The normalized spacial score (nSPS) is 28.5. The molecule has 0 spiro atoms. The van der Waals surface area contributed by atoms with E-state index in [1.807, 2.05) is 0 Å². The zero-order valence-electron chi connectivity index (χ0n) is 16.2. The minimum Gasteiger partial charge on any atom is -0.497 e. The Bertz CT molecular complexity index is 723. The number of anilines is 1. The predicted molar refractivity (Wildman–Crippen MR) is 101 cm³/mol. The van der Waals surface area contributed by atoms with Crippen LogP contribution in [-0.4, -0.2) is 88.0 Å². The molecule has 10 nitrogen and oxygen atoms in total. The van der Waals surface area contributed by atoms with Gasteiger partial charge in [-0.15, -0.1) is 0 Å². The Morgan fingerprint density at radius 3 is 2.52 bits per heavy atom. The monoisotopic (exact) mass is 407 g/mol. The summed E-state index contributed by atoms with van der Waals surface area (Å²) in [6.45, 7) is 2.73. The zero-order chi connectivity index (χ0) is 20.2. The maximum atomic E-state index is 12.4. The van der Waals surface area contributed by atoms with Crippen molar-refractivity contribution in [1.82, 2.24) is 10.2 Å². The van der Waals surface area contributed by atoms with Crippen LogP contribution in [0.4, 0.5) is 15.3 Å². The number of carbonyl (C=O) groups is 2.